The number of carboxylic acids is 1. The van der Waals surface area contributed by atoms with Crippen LogP contribution in [0.3, 0.4) is 0 Å². The molecule has 0 bridgehead atoms. The number of rotatable bonds is 5. The first-order valence-corrected chi connectivity index (χ1v) is 9.58. The Morgan fingerprint density at radius 3 is 2.44 bits per heavy atom. The van der Waals surface area contributed by atoms with Gasteiger partial charge in [0.25, 0.3) is 10.0 Å². The number of carboxylic acid groups (broad SMARTS) is 1. The molecule has 1 fully saturated rings. The summed E-state index contributed by atoms with van der Waals surface area (Å²) in [6.07, 6.45) is -0.0826. The summed E-state index contributed by atoms with van der Waals surface area (Å²) >= 11 is 0. The van der Waals surface area contributed by atoms with E-state index < -0.39 is 27.7 Å². The molecule has 0 aliphatic carbocycles. The lowest BCUT2D eigenvalue weighted by molar-refractivity contribution is -0.141. The molecule has 0 spiro atoms. The molecule has 1 amide bonds. The molecule has 0 unspecified atom stereocenters. The Kier molecular flexibility index (Phi) is 4.88. The summed E-state index contributed by atoms with van der Waals surface area (Å²) < 4.78 is 40.6. The average Bonchev–Trinajstić information content (AvgIpc) is 3.00. The van der Waals surface area contributed by atoms with Gasteiger partial charge in [-0.3, -0.25) is 14.3 Å². The Balaban J connectivity index is 1.80. The smallest absolute Gasteiger partial charge is 0.308 e. The molecular formula is C18H17FN2O5S. The SMILES string of the molecule is Cc1cc(F)ccc1NS(=O)(=O)c1ccc(N2C[C@H](C(=O)O)CC2=O)cc1. The van der Waals surface area contributed by atoms with Crippen molar-refractivity contribution in [3.05, 3.63) is 53.8 Å². The quantitative estimate of drug-likeness (QED) is 0.813. The zero-order valence-corrected chi connectivity index (χ0v) is 15.2. The second-order valence-corrected chi connectivity index (χ2v) is 7.98. The van der Waals surface area contributed by atoms with Crippen molar-refractivity contribution in [1.82, 2.24) is 0 Å². The third-order valence-corrected chi connectivity index (χ3v) is 5.75. The zero-order valence-electron chi connectivity index (χ0n) is 14.3. The fourth-order valence-corrected chi connectivity index (χ4v) is 4.00. The van der Waals surface area contributed by atoms with E-state index in [2.05, 4.69) is 4.72 Å². The van der Waals surface area contributed by atoms with Crippen LogP contribution in [0.5, 0.6) is 0 Å². The van der Waals surface area contributed by atoms with Gasteiger partial charge in [-0.05, 0) is 55.0 Å². The molecular weight excluding hydrogens is 375 g/mol. The molecule has 0 saturated carbocycles. The van der Waals surface area contributed by atoms with Crippen LogP contribution in [0.25, 0.3) is 0 Å². The van der Waals surface area contributed by atoms with Crippen LogP contribution in [0.2, 0.25) is 0 Å². The van der Waals surface area contributed by atoms with Gasteiger partial charge in [-0.2, -0.15) is 0 Å². The lowest BCUT2D eigenvalue weighted by atomic mass is 10.1. The summed E-state index contributed by atoms with van der Waals surface area (Å²) in [5, 5.41) is 9.04. The van der Waals surface area contributed by atoms with Gasteiger partial charge in [0.05, 0.1) is 16.5 Å². The highest BCUT2D eigenvalue weighted by molar-refractivity contribution is 7.92. The summed E-state index contributed by atoms with van der Waals surface area (Å²) in [7, 11) is -3.90. The van der Waals surface area contributed by atoms with E-state index in [-0.39, 0.29) is 29.5 Å². The normalized spacial score (nSPS) is 17.2. The number of benzene rings is 2. The van der Waals surface area contributed by atoms with Gasteiger partial charge in [0, 0.05) is 18.7 Å². The number of sulfonamides is 1. The third-order valence-electron chi connectivity index (χ3n) is 4.37. The molecule has 1 aliphatic rings. The van der Waals surface area contributed by atoms with E-state index in [1.54, 1.807) is 6.92 Å². The van der Waals surface area contributed by atoms with Gasteiger partial charge in [-0.25, -0.2) is 12.8 Å². The second-order valence-electron chi connectivity index (χ2n) is 6.30. The highest BCUT2D eigenvalue weighted by Gasteiger charge is 2.35. The fraction of sp³-hybridized carbons (Fsp3) is 0.222. The highest BCUT2D eigenvalue weighted by Crippen LogP contribution is 2.27. The number of anilines is 2. The van der Waals surface area contributed by atoms with Crippen molar-refractivity contribution >= 4 is 33.3 Å². The molecule has 1 saturated heterocycles. The Labute approximate surface area is 155 Å². The van der Waals surface area contributed by atoms with Crippen LogP contribution in [0, 0.1) is 18.7 Å². The summed E-state index contributed by atoms with van der Waals surface area (Å²) in [6.45, 7) is 1.63. The van der Waals surface area contributed by atoms with E-state index in [0.29, 0.717) is 11.3 Å². The highest BCUT2D eigenvalue weighted by atomic mass is 32.2. The Morgan fingerprint density at radius 1 is 1.22 bits per heavy atom. The van der Waals surface area contributed by atoms with Crippen molar-refractivity contribution in [2.45, 2.75) is 18.2 Å². The maximum Gasteiger partial charge on any atom is 0.308 e. The summed E-state index contributed by atoms with van der Waals surface area (Å²) in [5.41, 5.74) is 1.14. The van der Waals surface area contributed by atoms with Gasteiger partial charge in [-0.15, -0.1) is 0 Å². The lowest BCUT2D eigenvalue weighted by Crippen LogP contribution is -2.25. The van der Waals surface area contributed by atoms with Gasteiger partial charge in [0.1, 0.15) is 5.82 Å². The lowest BCUT2D eigenvalue weighted by Gasteiger charge is -2.17. The summed E-state index contributed by atoms with van der Waals surface area (Å²) in [4.78, 5) is 24.3. The fourth-order valence-electron chi connectivity index (χ4n) is 2.87. The van der Waals surface area contributed by atoms with Gasteiger partial charge < -0.3 is 10.0 Å². The van der Waals surface area contributed by atoms with Crippen LogP contribution >= 0.6 is 0 Å². The van der Waals surface area contributed by atoms with Gasteiger partial charge in [0.15, 0.2) is 0 Å². The zero-order chi connectivity index (χ0) is 19.8. The molecule has 0 radical (unpaired) electrons. The molecule has 9 heteroatoms. The maximum atomic E-state index is 13.2. The van der Waals surface area contributed by atoms with Crippen LogP contribution in [0.4, 0.5) is 15.8 Å². The number of aryl methyl sites for hydroxylation is 1. The first kappa shape index (κ1) is 18.8. The number of halogens is 1. The molecule has 7 nitrogen and oxygen atoms in total. The minimum Gasteiger partial charge on any atom is -0.481 e. The van der Waals surface area contributed by atoms with Crippen LogP contribution < -0.4 is 9.62 Å². The number of carbonyl (C=O) groups is 2. The Hall–Kier alpha value is -2.94. The monoisotopic (exact) mass is 392 g/mol. The molecule has 27 heavy (non-hydrogen) atoms. The Morgan fingerprint density at radius 2 is 1.89 bits per heavy atom. The number of nitrogens with one attached hydrogen (secondary N) is 1. The van der Waals surface area contributed by atoms with Crippen molar-refractivity contribution in [2.24, 2.45) is 5.92 Å². The van der Waals surface area contributed by atoms with Gasteiger partial charge >= 0.3 is 5.97 Å². The van der Waals surface area contributed by atoms with Crippen LogP contribution in [-0.2, 0) is 19.6 Å². The van der Waals surface area contributed by atoms with Crippen molar-refractivity contribution < 1.29 is 27.5 Å². The Bertz CT molecular complexity index is 1000. The number of hydrogen-bond donors (Lipinski definition) is 2. The van der Waals surface area contributed by atoms with E-state index >= 15 is 0 Å². The summed E-state index contributed by atoms with van der Waals surface area (Å²) in [5.74, 6) is -2.60. The van der Waals surface area contributed by atoms with E-state index in [9.17, 15) is 22.4 Å². The standard InChI is InChI=1S/C18H17FN2O5S/c1-11-8-13(19)2-7-16(11)20-27(25,26)15-5-3-14(4-6-15)21-10-12(18(23)24)9-17(21)22/h2-8,12,20H,9-10H2,1H3,(H,23,24)/t12-/m1/s1. The molecule has 1 heterocycles. The maximum absolute atomic E-state index is 13.2. The van der Waals surface area contributed by atoms with E-state index in [0.717, 1.165) is 6.07 Å². The van der Waals surface area contributed by atoms with Crippen LogP contribution in [0.15, 0.2) is 47.4 Å². The predicted molar refractivity (Wildman–Crippen MR) is 96.5 cm³/mol. The molecule has 0 aromatic heterocycles. The summed E-state index contributed by atoms with van der Waals surface area (Å²) in [6, 6.07) is 9.29. The van der Waals surface area contributed by atoms with Gasteiger partial charge in [0.2, 0.25) is 5.91 Å². The van der Waals surface area contributed by atoms with Crippen LogP contribution in [-0.4, -0.2) is 31.9 Å². The predicted octanol–water partition coefficient (Wildman–Crippen LogP) is 2.37. The molecule has 1 atom stereocenters. The number of nitrogens with zero attached hydrogens (tertiary/aromatic N) is 1. The first-order valence-electron chi connectivity index (χ1n) is 8.09. The van der Waals surface area contributed by atoms with E-state index in [1.807, 2.05) is 0 Å². The second kappa shape index (κ2) is 6.99. The minimum atomic E-state index is -3.90. The van der Waals surface area contributed by atoms with E-state index in [1.165, 1.54) is 41.3 Å². The average molecular weight is 392 g/mol. The molecule has 2 aromatic carbocycles. The molecule has 142 valence electrons. The number of hydrogen-bond acceptors (Lipinski definition) is 4. The number of amides is 1. The largest absolute Gasteiger partial charge is 0.481 e. The van der Waals surface area contributed by atoms with Crippen LogP contribution in [0.1, 0.15) is 12.0 Å². The molecule has 3 rings (SSSR count). The van der Waals surface area contributed by atoms with Crippen molar-refractivity contribution in [1.29, 1.82) is 0 Å². The minimum absolute atomic E-state index is 0.0311. The van der Waals surface area contributed by atoms with Crippen molar-refractivity contribution in [3.8, 4) is 0 Å². The topological polar surface area (TPSA) is 104 Å². The van der Waals surface area contributed by atoms with Crippen molar-refractivity contribution in [2.75, 3.05) is 16.2 Å². The number of aliphatic carboxylic acids is 1. The van der Waals surface area contributed by atoms with Gasteiger partial charge in [-0.1, -0.05) is 0 Å². The van der Waals surface area contributed by atoms with E-state index in [4.69, 9.17) is 5.11 Å². The third kappa shape index (κ3) is 3.92. The first-order chi connectivity index (χ1) is 12.7. The molecule has 1 aliphatic heterocycles. The number of carbonyl (C=O) groups excluding carboxylic acids is 1. The van der Waals surface area contributed by atoms with Crippen molar-refractivity contribution in [3.63, 3.8) is 0 Å². The molecule has 2 aromatic rings. The molecule has 2 N–H and O–H groups in total.